The zero-order chi connectivity index (χ0) is 23.4. The first-order chi connectivity index (χ1) is 15.5. The molecule has 3 aromatic carbocycles. The lowest BCUT2D eigenvalue weighted by molar-refractivity contribution is -0.643. The molecule has 6 aromatic rings. The van der Waals surface area contributed by atoms with Crippen LogP contribution in [-0.4, -0.2) is 20.5 Å². The molecule has 6 rings (SSSR count). The Morgan fingerprint density at radius 1 is 0.727 bits per heavy atom. The van der Waals surface area contributed by atoms with E-state index in [-0.39, 0.29) is 0 Å². The fourth-order valence-electron chi connectivity index (χ4n) is 5.81. The molecule has 0 bridgehead atoms. The fraction of sp³-hybridized carbons (Fsp3) is 0.276. The first kappa shape index (κ1) is 20.9. The Morgan fingerprint density at radius 2 is 1.45 bits per heavy atom. The van der Waals surface area contributed by atoms with Gasteiger partial charge in [-0.25, -0.2) is 4.57 Å². The summed E-state index contributed by atoms with van der Waals surface area (Å²) in [7, 11) is -0.835. The molecule has 0 amide bonds. The standard InChI is InChI=1S/C29H33N2Si2/c1-18-13-14-21-20-11-9-10-12-23(20)31-24-16-19(32(3,4)5)15-22-25(33(6,7)8)17-30(2)29(27(22)24)26(18)28(21)31/h9-17H,1-8H3/q+1. The van der Waals surface area contributed by atoms with Gasteiger partial charge < -0.3 is 4.40 Å². The Balaban J connectivity index is 2.07. The Morgan fingerprint density at radius 3 is 2.15 bits per heavy atom. The maximum absolute atomic E-state index is 2.58. The van der Waals surface area contributed by atoms with Gasteiger partial charge in [0.1, 0.15) is 7.05 Å². The van der Waals surface area contributed by atoms with Crippen LogP contribution in [0.25, 0.3) is 49.0 Å². The zero-order valence-electron chi connectivity index (χ0n) is 21.1. The Kier molecular flexibility index (Phi) is 4.08. The molecule has 0 aliphatic carbocycles. The van der Waals surface area contributed by atoms with Crippen molar-refractivity contribution < 1.29 is 4.57 Å². The van der Waals surface area contributed by atoms with Crippen molar-refractivity contribution in [1.29, 1.82) is 0 Å². The molecule has 0 fully saturated rings. The molecule has 2 nitrogen and oxygen atoms in total. The number of pyridine rings is 2. The Bertz CT molecular complexity index is 1740. The molecular weight excluding hydrogens is 433 g/mol. The molecule has 0 saturated carbocycles. The van der Waals surface area contributed by atoms with Gasteiger partial charge in [0, 0.05) is 16.0 Å². The molecule has 4 heteroatoms. The van der Waals surface area contributed by atoms with Gasteiger partial charge in [0.15, 0.2) is 6.20 Å². The van der Waals surface area contributed by atoms with E-state index in [9.17, 15) is 0 Å². The summed E-state index contributed by atoms with van der Waals surface area (Å²) in [6.07, 6.45) is 2.46. The highest BCUT2D eigenvalue weighted by Crippen LogP contribution is 2.40. The normalized spacial score (nSPS) is 13.5. The highest BCUT2D eigenvalue weighted by Gasteiger charge is 2.31. The van der Waals surface area contributed by atoms with Crippen molar-refractivity contribution >= 4 is 75.5 Å². The minimum absolute atomic E-state index is 1.32. The molecule has 0 aliphatic rings. The monoisotopic (exact) mass is 465 g/mol. The number of hydrogen-bond acceptors (Lipinski definition) is 0. The number of rotatable bonds is 2. The number of fused-ring (bicyclic) bond motifs is 5. The van der Waals surface area contributed by atoms with Gasteiger partial charge in [-0.3, -0.25) is 0 Å². The van der Waals surface area contributed by atoms with Crippen molar-refractivity contribution in [2.75, 3.05) is 0 Å². The van der Waals surface area contributed by atoms with Crippen LogP contribution in [0, 0.1) is 6.92 Å². The molecule has 33 heavy (non-hydrogen) atoms. The number of aryl methyl sites for hydroxylation is 2. The van der Waals surface area contributed by atoms with Gasteiger partial charge in [0.25, 0.3) is 0 Å². The third kappa shape index (κ3) is 2.74. The topological polar surface area (TPSA) is 8.29 Å². The van der Waals surface area contributed by atoms with E-state index in [2.05, 4.69) is 117 Å². The van der Waals surface area contributed by atoms with Gasteiger partial charge in [-0.15, -0.1) is 0 Å². The average Bonchev–Trinajstić information content (AvgIpc) is 3.07. The van der Waals surface area contributed by atoms with Crippen molar-refractivity contribution in [3.8, 4) is 0 Å². The van der Waals surface area contributed by atoms with E-state index in [1.54, 1.807) is 10.4 Å². The molecule has 3 aromatic heterocycles. The quantitative estimate of drug-likeness (QED) is 0.124. The molecule has 0 N–H and O–H groups in total. The predicted octanol–water partition coefficient (Wildman–Crippen LogP) is 6.21. The van der Waals surface area contributed by atoms with Crippen molar-refractivity contribution in [3.63, 3.8) is 0 Å². The minimum atomic E-state index is -1.57. The van der Waals surface area contributed by atoms with Crippen molar-refractivity contribution in [3.05, 3.63) is 60.3 Å². The lowest BCUT2D eigenvalue weighted by atomic mass is 10.00. The summed E-state index contributed by atoms with van der Waals surface area (Å²) in [5.74, 6) is 0. The van der Waals surface area contributed by atoms with E-state index in [1.807, 2.05) is 0 Å². The molecule has 0 unspecified atom stereocenters. The van der Waals surface area contributed by atoms with Crippen LogP contribution in [0.15, 0.2) is 54.7 Å². The molecule has 0 spiro atoms. The molecule has 0 saturated heterocycles. The number of nitrogens with zero attached hydrogens (tertiary/aromatic N) is 2. The molecule has 0 atom stereocenters. The fourth-order valence-corrected chi connectivity index (χ4v) is 8.54. The minimum Gasteiger partial charge on any atom is -0.307 e. The van der Waals surface area contributed by atoms with Gasteiger partial charge in [-0.1, -0.05) is 80.9 Å². The first-order valence-corrected chi connectivity index (χ1v) is 19.0. The largest absolute Gasteiger partial charge is 0.307 e. The van der Waals surface area contributed by atoms with Gasteiger partial charge in [0.05, 0.1) is 43.5 Å². The van der Waals surface area contributed by atoms with Gasteiger partial charge in [0.2, 0.25) is 5.52 Å². The summed E-state index contributed by atoms with van der Waals surface area (Å²) >= 11 is 0. The molecule has 0 radical (unpaired) electrons. The van der Waals surface area contributed by atoms with Crippen LogP contribution >= 0.6 is 0 Å². The van der Waals surface area contributed by atoms with E-state index in [1.165, 1.54) is 54.6 Å². The van der Waals surface area contributed by atoms with E-state index in [0.717, 1.165) is 0 Å². The van der Waals surface area contributed by atoms with Crippen LogP contribution in [0.4, 0.5) is 0 Å². The van der Waals surface area contributed by atoms with E-state index in [0.29, 0.717) is 0 Å². The second-order valence-corrected chi connectivity index (χ2v) is 22.0. The highest BCUT2D eigenvalue weighted by atomic mass is 28.3. The van der Waals surface area contributed by atoms with Crippen LogP contribution in [0.3, 0.4) is 0 Å². The Labute approximate surface area is 197 Å². The highest BCUT2D eigenvalue weighted by molar-refractivity contribution is 6.91. The lowest BCUT2D eigenvalue weighted by Crippen LogP contribution is -2.46. The van der Waals surface area contributed by atoms with Crippen LogP contribution in [0.2, 0.25) is 39.3 Å². The molecule has 3 heterocycles. The summed E-state index contributed by atoms with van der Waals surface area (Å²) < 4.78 is 5.01. The van der Waals surface area contributed by atoms with Crippen LogP contribution in [-0.2, 0) is 7.05 Å². The van der Waals surface area contributed by atoms with Gasteiger partial charge in [-0.05, 0) is 30.0 Å². The maximum Gasteiger partial charge on any atom is 0.224 e. The van der Waals surface area contributed by atoms with E-state index >= 15 is 0 Å². The summed E-state index contributed by atoms with van der Waals surface area (Å²) in [6, 6.07) is 18.7. The predicted molar refractivity (Wildman–Crippen MR) is 150 cm³/mol. The molecule has 0 aliphatic heterocycles. The number of para-hydroxylation sites is 1. The lowest BCUT2D eigenvalue weighted by Gasteiger charge is -2.24. The Hall–Kier alpha value is -2.70. The third-order valence-corrected chi connectivity index (χ3v) is 11.6. The van der Waals surface area contributed by atoms with Crippen molar-refractivity contribution in [1.82, 2.24) is 4.40 Å². The summed E-state index contributed by atoms with van der Waals surface area (Å²) in [5, 5.41) is 10.1. The van der Waals surface area contributed by atoms with E-state index in [4.69, 9.17) is 0 Å². The zero-order valence-corrected chi connectivity index (χ0v) is 23.1. The van der Waals surface area contributed by atoms with Crippen LogP contribution in [0.1, 0.15) is 5.56 Å². The second kappa shape index (κ2) is 6.46. The first-order valence-electron chi connectivity index (χ1n) is 12.0. The molecule has 166 valence electrons. The summed E-state index contributed by atoms with van der Waals surface area (Å²) in [5.41, 5.74) is 6.79. The smallest absolute Gasteiger partial charge is 0.224 e. The summed E-state index contributed by atoms with van der Waals surface area (Å²) in [6.45, 7) is 17.1. The average molecular weight is 466 g/mol. The van der Waals surface area contributed by atoms with Gasteiger partial charge in [-0.2, -0.15) is 0 Å². The molecular formula is C29H33N2Si2+. The maximum atomic E-state index is 2.58. The summed E-state index contributed by atoms with van der Waals surface area (Å²) in [4.78, 5) is 0. The van der Waals surface area contributed by atoms with Crippen LogP contribution < -0.4 is 14.9 Å². The van der Waals surface area contributed by atoms with E-state index < -0.39 is 16.1 Å². The third-order valence-electron chi connectivity index (χ3n) is 7.52. The number of hydrogen-bond donors (Lipinski definition) is 0. The van der Waals surface area contributed by atoms with Crippen LogP contribution in [0.5, 0.6) is 0 Å². The van der Waals surface area contributed by atoms with Crippen molar-refractivity contribution in [2.24, 2.45) is 7.05 Å². The number of aromatic nitrogens is 2. The second-order valence-electron chi connectivity index (χ2n) is 11.9. The SMILES string of the molecule is Cc1ccc2c3ccccc3n3c4cc([Si](C)(C)C)cc5c([Si](C)(C)C)c[n+](C)c(c1c23)c54. The van der Waals surface area contributed by atoms with Gasteiger partial charge >= 0.3 is 0 Å². The number of benzene rings is 3. The van der Waals surface area contributed by atoms with Crippen molar-refractivity contribution in [2.45, 2.75) is 46.2 Å².